The number of carbonyl (C=O) groups excluding carboxylic acids is 5. The predicted molar refractivity (Wildman–Crippen MR) is 236 cm³/mol. The first-order valence-electron chi connectivity index (χ1n) is 22.2. The SMILES string of the molecule is CCCCC(=O)C(Cc1ccc(C2=CC=CCC2(C)c2nn[n+]([N-]N(C(=O)CCC(=O)[O-])C(Cc3ccc(-c4ccccc4)cc3)C[C@@H](C)C(=O)OCC)[n-]2)cc1)C(C(=O)[O-])C(C)C. The Morgan fingerprint density at radius 3 is 2.11 bits per heavy atom. The fourth-order valence-corrected chi connectivity index (χ4v) is 8.34. The molecule has 0 bridgehead atoms. The highest BCUT2D eigenvalue weighted by Gasteiger charge is 2.36. The van der Waals surface area contributed by atoms with Gasteiger partial charge in [0.25, 0.3) is 0 Å². The van der Waals surface area contributed by atoms with Crippen molar-refractivity contribution in [3.05, 3.63) is 125 Å². The van der Waals surface area contributed by atoms with Crippen LogP contribution in [0.5, 0.6) is 0 Å². The molecule has 0 aliphatic heterocycles. The second-order valence-corrected chi connectivity index (χ2v) is 17.1. The summed E-state index contributed by atoms with van der Waals surface area (Å²) in [5.74, 6) is -6.02. The summed E-state index contributed by atoms with van der Waals surface area (Å²) >= 11 is 0. The lowest BCUT2D eigenvalue weighted by molar-refractivity contribution is -0.757. The molecule has 14 heteroatoms. The van der Waals surface area contributed by atoms with Gasteiger partial charge >= 0.3 is 5.97 Å². The van der Waals surface area contributed by atoms with Crippen molar-refractivity contribution in [2.45, 2.75) is 111 Å². The van der Waals surface area contributed by atoms with Crippen LogP contribution in [0.1, 0.15) is 109 Å². The van der Waals surface area contributed by atoms with Gasteiger partial charge in [0.1, 0.15) is 5.78 Å². The number of hydrogen-bond donors (Lipinski definition) is 0. The molecule has 5 rings (SSSR count). The van der Waals surface area contributed by atoms with Crippen molar-refractivity contribution in [2.24, 2.45) is 23.7 Å². The summed E-state index contributed by atoms with van der Waals surface area (Å²) in [6.07, 6.45) is 7.90. The number of ketones is 1. The highest BCUT2D eigenvalue weighted by Crippen LogP contribution is 2.42. The van der Waals surface area contributed by atoms with Crippen LogP contribution in [0.3, 0.4) is 0 Å². The highest BCUT2D eigenvalue weighted by atomic mass is 16.5. The molecule has 0 N–H and O–H groups in total. The number of aromatic nitrogens is 4. The molecule has 4 aromatic rings. The molecule has 1 heterocycles. The zero-order chi connectivity index (χ0) is 46.4. The number of Topliss-reactive ketones (excluding diaryl/α,β-unsaturated/α-hetero) is 1. The number of rotatable bonds is 24. The average molecular weight is 872 g/mol. The number of carboxylic acid groups (broad SMARTS) is 2. The average Bonchev–Trinajstić information content (AvgIpc) is 3.76. The molecule has 1 aromatic heterocycles. The smallest absolute Gasteiger partial charge is 0.308 e. The summed E-state index contributed by atoms with van der Waals surface area (Å²) in [6.45, 7) is 11.2. The minimum absolute atomic E-state index is 0.0717. The molecule has 64 heavy (non-hydrogen) atoms. The fourth-order valence-electron chi connectivity index (χ4n) is 8.34. The molecule has 14 nitrogen and oxygen atoms in total. The van der Waals surface area contributed by atoms with E-state index in [1.165, 1.54) is 0 Å². The van der Waals surface area contributed by atoms with E-state index in [2.05, 4.69) is 20.9 Å². The molecule has 3 aromatic carbocycles. The van der Waals surface area contributed by atoms with Gasteiger partial charge < -0.3 is 34.6 Å². The van der Waals surface area contributed by atoms with Gasteiger partial charge in [-0.25, -0.2) is 0 Å². The molecule has 0 saturated heterocycles. The first kappa shape index (κ1) is 48.6. The molecule has 0 fully saturated rings. The quantitative estimate of drug-likeness (QED) is 0.0506. The topological polar surface area (TPSA) is 202 Å². The van der Waals surface area contributed by atoms with Crippen LogP contribution in [0.15, 0.2) is 97.1 Å². The van der Waals surface area contributed by atoms with Crippen LogP contribution in [0.2, 0.25) is 0 Å². The van der Waals surface area contributed by atoms with Crippen molar-refractivity contribution >= 4 is 35.2 Å². The molecule has 4 unspecified atom stereocenters. The van der Waals surface area contributed by atoms with Crippen molar-refractivity contribution in [3.63, 3.8) is 0 Å². The minimum Gasteiger partial charge on any atom is -0.550 e. The van der Waals surface area contributed by atoms with E-state index >= 15 is 0 Å². The van der Waals surface area contributed by atoms with Gasteiger partial charge in [-0.2, -0.15) is 5.21 Å². The van der Waals surface area contributed by atoms with Gasteiger partial charge in [-0.15, -0.1) is 0 Å². The van der Waals surface area contributed by atoms with Gasteiger partial charge in [0.2, 0.25) is 5.91 Å². The number of ether oxygens (including phenoxy) is 1. The van der Waals surface area contributed by atoms with Crippen LogP contribution < -0.4 is 20.2 Å². The number of esters is 1. The molecule has 340 valence electrons. The molecule has 0 spiro atoms. The number of unbranched alkanes of at least 4 members (excludes halogenated alkanes) is 1. The third-order valence-corrected chi connectivity index (χ3v) is 11.9. The van der Waals surface area contributed by atoms with E-state index in [0.717, 1.165) is 49.7 Å². The number of allylic oxidation sites excluding steroid dienone is 4. The Labute approximate surface area is 375 Å². The number of carboxylic acids is 2. The normalized spacial score (nSPS) is 16.6. The number of aliphatic carboxylic acids is 2. The Morgan fingerprint density at radius 2 is 1.50 bits per heavy atom. The van der Waals surface area contributed by atoms with E-state index in [9.17, 15) is 34.2 Å². The largest absolute Gasteiger partial charge is 0.550 e. The summed E-state index contributed by atoms with van der Waals surface area (Å²) in [5, 5.41) is 38.3. The zero-order valence-electron chi connectivity index (χ0n) is 37.6. The lowest BCUT2D eigenvalue weighted by Crippen LogP contribution is -2.51. The van der Waals surface area contributed by atoms with E-state index in [4.69, 9.17) is 4.74 Å². The van der Waals surface area contributed by atoms with Crippen LogP contribution in [0.4, 0.5) is 0 Å². The Bertz CT molecular complexity index is 2270. The Morgan fingerprint density at radius 1 is 0.859 bits per heavy atom. The predicted octanol–water partition coefficient (Wildman–Crippen LogP) is 5.24. The second kappa shape index (κ2) is 22.8. The minimum atomic E-state index is -1.40. The monoisotopic (exact) mass is 871 g/mol. The van der Waals surface area contributed by atoms with Gasteiger partial charge in [0, 0.05) is 42.7 Å². The van der Waals surface area contributed by atoms with Crippen LogP contribution in [0, 0.1) is 23.7 Å². The van der Waals surface area contributed by atoms with Crippen molar-refractivity contribution in [2.75, 3.05) is 6.61 Å². The number of tetrazole rings is 1. The van der Waals surface area contributed by atoms with Crippen LogP contribution in [-0.4, -0.2) is 57.6 Å². The molecule has 0 radical (unpaired) electrons. The zero-order valence-corrected chi connectivity index (χ0v) is 37.6. The van der Waals surface area contributed by atoms with Gasteiger partial charge in [0.05, 0.1) is 17.9 Å². The summed E-state index contributed by atoms with van der Waals surface area (Å²) < 4.78 is 5.31. The molecule has 1 aliphatic rings. The van der Waals surface area contributed by atoms with Crippen LogP contribution in [-0.2, 0) is 47.0 Å². The van der Waals surface area contributed by atoms with Crippen molar-refractivity contribution in [3.8, 4) is 11.1 Å². The van der Waals surface area contributed by atoms with Gasteiger partial charge in [-0.05, 0) is 91.7 Å². The molecule has 1 amide bonds. The summed E-state index contributed by atoms with van der Waals surface area (Å²) in [6, 6.07) is 24.6. The Kier molecular flexibility index (Phi) is 17.3. The first-order chi connectivity index (χ1) is 30.6. The van der Waals surface area contributed by atoms with Crippen molar-refractivity contribution in [1.29, 1.82) is 0 Å². The fraction of sp³-hybridized carbons (Fsp3) is 0.440. The lowest BCUT2D eigenvalue weighted by atomic mass is 9.72. The Balaban J connectivity index is 1.43. The maximum atomic E-state index is 14.0. The van der Waals surface area contributed by atoms with Crippen LogP contribution >= 0.6 is 0 Å². The standard InChI is InChI=1S/C50H61N6O8/c1-7-9-18-43(57)41(46(33(3)4)47(61)62)32-36-21-25-39(26-22-36)42-17-13-14-29-50(42,6)49-51-53-56(52-49)54-55(44(58)27-28-45(59)60)40(30-34(5)48(63)64-8-2)31-35-19-23-38(24-20-35)37-15-11-10-12-16-37/h10-17,19-26,33-34,40-41,46H,7-9,18,27-32H2,1-6H3,(H2-2,51,52,53,54,58,59,60,61,62)/q-1/p-2/t34-,40?,41?,46?,50?/m1/s1. The number of carbonyl (C=O) groups is 5. The van der Waals surface area contributed by atoms with Crippen LogP contribution in [0.25, 0.3) is 22.2 Å². The second-order valence-electron chi connectivity index (χ2n) is 17.1. The summed E-state index contributed by atoms with van der Waals surface area (Å²) in [4.78, 5) is 65.0. The number of hydrogen-bond acceptors (Lipinski definition) is 10. The van der Waals surface area contributed by atoms with Crippen molar-refractivity contribution in [1.82, 2.24) is 20.4 Å². The lowest BCUT2D eigenvalue weighted by Gasteiger charge is -2.38. The number of amides is 1. The molecular formula is C50H59N6O8-3. The maximum Gasteiger partial charge on any atom is 0.308 e. The van der Waals surface area contributed by atoms with Gasteiger partial charge in [-0.3, -0.25) is 24.8 Å². The summed E-state index contributed by atoms with van der Waals surface area (Å²) in [5.41, 5.74) is 9.16. The van der Waals surface area contributed by atoms with E-state index in [1.807, 2.05) is 111 Å². The Hall–Kier alpha value is -6.44. The molecule has 0 saturated carbocycles. The van der Waals surface area contributed by atoms with Crippen molar-refractivity contribution < 1.29 is 43.8 Å². The highest BCUT2D eigenvalue weighted by molar-refractivity contribution is 5.86. The third-order valence-electron chi connectivity index (χ3n) is 11.9. The van der Waals surface area contributed by atoms with E-state index in [-0.39, 0.29) is 37.6 Å². The maximum absolute atomic E-state index is 14.0. The summed E-state index contributed by atoms with van der Waals surface area (Å²) in [7, 11) is 0. The third kappa shape index (κ3) is 12.6. The first-order valence-corrected chi connectivity index (χ1v) is 22.2. The number of benzene rings is 3. The van der Waals surface area contributed by atoms with E-state index < -0.39 is 65.9 Å². The number of nitrogens with zero attached hydrogens (tertiary/aromatic N) is 6. The molecular weight excluding hydrogens is 813 g/mol. The molecule has 1 aliphatic carbocycles. The van der Waals surface area contributed by atoms with E-state index in [0.29, 0.717) is 25.1 Å². The van der Waals surface area contributed by atoms with E-state index in [1.54, 1.807) is 27.7 Å². The van der Waals surface area contributed by atoms with Gasteiger partial charge in [-0.1, -0.05) is 136 Å². The van der Waals surface area contributed by atoms with Gasteiger partial charge in [0.15, 0.2) is 5.82 Å². The molecule has 5 atom stereocenters.